The van der Waals surface area contributed by atoms with Crippen LogP contribution in [-0.2, 0) is 18.4 Å². The van der Waals surface area contributed by atoms with Crippen LogP contribution >= 0.6 is 0 Å². The van der Waals surface area contributed by atoms with Crippen molar-refractivity contribution in [3.05, 3.63) is 48.2 Å². The molecule has 0 saturated carbocycles. The summed E-state index contributed by atoms with van der Waals surface area (Å²) in [5, 5.41) is 1.44. The third-order valence-electron chi connectivity index (χ3n) is 4.28. The minimum atomic E-state index is 0.157. The molecule has 0 spiro atoms. The third-order valence-corrected chi connectivity index (χ3v) is 4.28. The second kappa shape index (κ2) is 3.49. The molecule has 0 fully saturated rings. The summed E-state index contributed by atoms with van der Waals surface area (Å²) >= 11 is 0. The molecule has 0 amide bonds. The van der Waals surface area contributed by atoms with E-state index >= 15 is 0 Å². The maximum atomic E-state index is 4.05. The number of nitrogens with zero attached hydrogens (tertiary/aromatic N) is 1. The van der Waals surface area contributed by atoms with Crippen LogP contribution < -0.4 is 0 Å². The van der Waals surface area contributed by atoms with Crippen molar-refractivity contribution in [1.82, 2.24) is 4.57 Å². The molecular formula is C16H19N. The SMILES string of the molecule is C=C[C@]1(C)CCc2c1n(CC)c1ccccc21. The van der Waals surface area contributed by atoms with Gasteiger partial charge in [0.25, 0.3) is 0 Å². The maximum Gasteiger partial charge on any atom is 0.0485 e. The number of fused-ring (bicyclic) bond motifs is 3. The van der Waals surface area contributed by atoms with Gasteiger partial charge in [-0.1, -0.05) is 31.2 Å². The van der Waals surface area contributed by atoms with Gasteiger partial charge in [-0.2, -0.15) is 0 Å². The summed E-state index contributed by atoms with van der Waals surface area (Å²) in [4.78, 5) is 0. The number of aromatic nitrogens is 1. The maximum absolute atomic E-state index is 4.05. The topological polar surface area (TPSA) is 4.93 Å². The fourth-order valence-corrected chi connectivity index (χ4v) is 3.31. The van der Waals surface area contributed by atoms with Gasteiger partial charge in [-0.15, -0.1) is 6.58 Å². The van der Waals surface area contributed by atoms with Crippen molar-refractivity contribution < 1.29 is 0 Å². The molecule has 1 atom stereocenters. The van der Waals surface area contributed by atoms with Crippen LogP contribution in [0.5, 0.6) is 0 Å². The van der Waals surface area contributed by atoms with Gasteiger partial charge in [0.1, 0.15) is 0 Å². The van der Waals surface area contributed by atoms with Crippen molar-refractivity contribution in [2.45, 2.75) is 38.6 Å². The Morgan fingerprint density at radius 3 is 2.88 bits per heavy atom. The van der Waals surface area contributed by atoms with E-state index in [1.165, 1.54) is 29.4 Å². The molecule has 2 aromatic rings. The molecule has 1 nitrogen and oxygen atoms in total. The van der Waals surface area contributed by atoms with E-state index in [4.69, 9.17) is 0 Å². The van der Waals surface area contributed by atoms with Crippen molar-refractivity contribution in [1.29, 1.82) is 0 Å². The number of para-hydroxylation sites is 1. The molecule has 0 radical (unpaired) electrons. The van der Waals surface area contributed by atoms with Gasteiger partial charge in [-0.05, 0) is 31.4 Å². The molecule has 3 rings (SSSR count). The molecule has 1 aromatic carbocycles. The van der Waals surface area contributed by atoms with E-state index in [2.05, 4.69) is 55.3 Å². The molecular weight excluding hydrogens is 206 g/mol. The first-order valence-corrected chi connectivity index (χ1v) is 6.45. The Labute approximate surface area is 103 Å². The summed E-state index contributed by atoms with van der Waals surface area (Å²) in [6.07, 6.45) is 4.52. The molecule has 0 unspecified atom stereocenters. The molecule has 1 aromatic heterocycles. The Morgan fingerprint density at radius 1 is 1.41 bits per heavy atom. The zero-order valence-corrected chi connectivity index (χ0v) is 10.7. The summed E-state index contributed by atoms with van der Waals surface area (Å²) in [5.41, 5.74) is 4.58. The van der Waals surface area contributed by atoms with E-state index in [-0.39, 0.29) is 5.41 Å². The average Bonchev–Trinajstić information content (AvgIpc) is 2.87. The molecule has 0 aliphatic heterocycles. The molecule has 0 bridgehead atoms. The van der Waals surface area contributed by atoms with Crippen LogP contribution in [0, 0.1) is 0 Å². The lowest BCUT2D eigenvalue weighted by Crippen LogP contribution is -2.19. The van der Waals surface area contributed by atoms with Crippen LogP contribution in [0.4, 0.5) is 0 Å². The molecule has 1 heterocycles. The van der Waals surface area contributed by atoms with Crippen molar-refractivity contribution in [3.63, 3.8) is 0 Å². The van der Waals surface area contributed by atoms with E-state index in [1.54, 1.807) is 5.56 Å². The zero-order chi connectivity index (χ0) is 12.0. The Kier molecular flexibility index (Phi) is 2.19. The molecule has 1 heteroatoms. The predicted octanol–water partition coefficient (Wildman–Crippen LogP) is 4.05. The molecule has 88 valence electrons. The Bertz CT molecular complexity index is 576. The van der Waals surface area contributed by atoms with Crippen molar-refractivity contribution in [2.75, 3.05) is 0 Å². The van der Waals surface area contributed by atoms with E-state index in [9.17, 15) is 0 Å². The second-order valence-electron chi connectivity index (χ2n) is 5.21. The van der Waals surface area contributed by atoms with Crippen LogP contribution in [0.1, 0.15) is 31.5 Å². The molecule has 0 saturated heterocycles. The quantitative estimate of drug-likeness (QED) is 0.679. The Morgan fingerprint density at radius 2 is 2.18 bits per heavy atom. The lowest BCUT2D eigenvalue weighted by molar-refractivity contribution is 0.543. The highest BCUT2D eigenvalue weighted by Gasteiger charge is 2.36. The summed E-state index contributed by atoms with van der Waals surface area (Å²) in [6, 6.07) is 8.77. The summed E-state index contributed by atoms with van der Waals surface area (Å²) < 4.78 is 2.47. The summed E-state index contributed by atoms with van der Waals surface area (Å²) in [5.74, 6) is 0. The fourth-order valence-electron chi connectivity index (χ4n) is 3.31. The first kappa shape index (κ1) is 10.6. The van der Waals surface area contributed by atoms with Crippen molar-refractivity contribution in [2.24, 2.45) is 0 Å². The highest BCUT2D eigenvalue weighted by atomic mass is 15.0. The molecule has 0 N–H and O–H groups in total. The smallest absolute Gasteiger partial charge is 0.0485 e. The lowest BCUT2D eigenvalue weighted by Gasteiger charge is -2.22. The normalized spacial score (nSPS) is 22.9. The highest BCUT2D eigenvalue weighted by Crippen LogP contribution is 2.44. The van der Waals surface area contributed by atoms with Gasteiger partial charge in [-0.25, -0.2) is 0 Å². The van der Waals surface area contributed by atoms with Gasteiger partial charge < -0.3 is 4.57 Å². The van der Waals surface area contributed by atoms with E-state index in [1.807, 2.05) is 0 Å². The van der Waals surface area contributed by atoms with Crippen LogP contribution in [0.15, 0.2) is 36.9 Å². The molecule has 17 heavy (non-hydrogen) atoms. The van der Waals surface area contributed by atoms with Gasteiger partial charge in [0.05, 0.1) is 0 Å². The number of allylic oxidation sites excluding steroid dienone is 1. The van der Waals surface area contributed by atoms with Crippen LogP contribution in [0.25, 0.3) is 10.9 Å². The number of hydrogen-bond donors (Lipinski definition) is 0. The lowest BCUT2D eigenvalue weighted by atomic mass is 9.88. The Balaban J connectivity index is 2.42. The number of hydrogen-bond acceptors (Lipinski definition) is 0. The summed E-state index contributed by atoms with van der Waals surface area (Å²) in [6.45, 7) is 9.63. The van der Waals surface area contributed by atoms with E-state index in [0.717, 1.165) is 6.54 Å². The Hall–Kier alpha value is -1.50. The van der Waals surface area contributed by atoms with E-state index in [0.29, 0.717) is 0 Å². The van der Waals surface area contributed by atoms with Gasteiger partial charge >= 0.3 is 0 Å². The predicted molar refractivity (Wildman–Crippen MR) is 73.5 cm³/mol. The molecule has 1 aliphatic rings. The number of rotatable bonds is 2. The van der Waals surface area contributed by atoms with Gasteiger partial charge in [0.2, 0.25) is 0 Å². The van der Waals surface area contributed by atoms with Gasteiger partial charge in [-0.3, -0.25) is 0 Å². The van der Waals surface area contributed by atoms with Crippen LogP contribution in [0.3, 0.4) is 0 Å². The van der Waals surface area contributed by atoms with Gasteiger partial charge in [0.15, 0.2) is 0 Å². The highest BCUT2D eigenvalue weighted by molar-refractivity contribution is 5.87. The largest absolute Gasteiger partial charge is 0.344 e. The van der Waals surface area contributed by atoms with Crippen LogP contribution in [0.2, 0.25) is 0 Å². The van der Waals surface area contributed by atoms with Crippen LogP contribution in [-0.4, -0.2) is 4.57 Å². The third kappa shape index (κ3) is 1.25. The average molecular weight is 225 g/mol. The monoisotopic (exact) mass is 225 g/mol. The molecule has 1 aliphatic carbocycles. The summed E-state index contributed by atoms with van der Waals surface area (Å²) in [7, 11) is 0. The van der Waals surface area contributed by atoms with Crippen molar-refractivity contribution in [3.8, 4) is 0 Å². The zero-order valence-electron chi connectivity index (χ0n) is 10.7. The minimum Gasteiger partial charge on any atom is -0.344 e. The first-order chi connectivity index (χ1) is 8.21. The van der Waals surface area contributed by atoms with E-state index < -0.39 is 0 Å². The second-order valence-corrected chi connectivity index (χ2v) is 5.21. The first-order valence-electron chi connectivity index (χ1n) is 6.45. The van der Waals surface area contributed by atoms with Crippen molar-refractivity contribution >= 4 is 10.9 Å². The van der Waals surface area contributed by atoms with Gasteiger partial charge in [0, 0.05) is 28.6 Å². The number of aryl methyl sites for hydroxylation is 2. The standard InChI is InChI=1S/C16H19N/c1-4-16(3)11-10-13-12-8-6-7-9-14(12)17(5-2)15(13)16/h4,6-9H,1,5,10-11H2,2-3H3/t16-/m1/s1. The number of benzene rings is 1. The minimum absolute atomic E-state index is 0.157. The fraction of sp³-hybridized carbons (Fsp3) is 0.375.